The maximum absolute atomic E-state index is 12.0. The minimum Gasteiger partial charge on any atom is -0.392 e. The van der Waals surface area contributed by atoms with Crippen LogP contribution >= 0.6 is 23.1 Å². The van der Waals surface area contributed by atoms with Gasteiger partial charge in [-0.25, -0.2) is 0 Å². The topological polar surface area (TPSA) is 49.3 Å². The summed E-state index contributed by atoms with van der Waals surface area (Å²) in [5.74, 6) is 0.861. The first-order valence-electron chi connectivity index (χ1n) is 6.79. The molecule has 0 radical (unpaired) electrons. The van der Waals surface area contributed by atoms with Gasteiger partial charge in [-0.1, -0.05) is 30.3 Å². The van der Waals surface area contributed by atoms with Crippen LogP contribution in [0.3, 0.4) is 0 Å². The minimum absolute atomic E-state index is 0.0644. The summed E-state index contributed by atoms with van der Waals surface area (Å²) in [6.45, 7) is 2.60. The quantitative estimate of drug-likeness (QED) is 0.823. The van der Waals surface area contributed by atoms with Crippen molar-refractivity contribution in [2.75, 3.05) is 0 Å². The first kappa shape index (κ1) is 16.1. The second-order valence-electron chi connectivity index (χ2n) is 4.73. The first-order chi connectivity index (χ1) is 10.2. The molecule has 0 aliphatic carbocycles. The van der Waals surface area contributed by atoms with E-state index in [4.69, 9.17) is 5.11 Å². The van der Waals surface area contributed by atoms with Crippen molar-refractivity contribution in [1.82, 2.24) is 5.32 Å². The van der Waals surface area contributed by atoms with Crippen molar-refractivity contribution in [1.29, 1.82) is 0 Å². The van der Waals surface area contributed by atoms with E-state index in [-0.39, 0.29) is 17.8 Å². The standard InChI is InChI=1S/C16H19NO2S2/c1-12(16(19)17-9-15-3-2-8-20-15)21-11-14-6-4-13(10-18)5-7-14/h2-8,12,18H,9-11H2,1H3,(H,17,19). The maximum Gasteiger partial charge on any atom is 0.233 e. The SMILES string of the molecule is CC(SCc1ccc(CO)cc1)C(=O)NCc1cccs1. The molecular formula is C16H19NO2S2. The lowest BCUT2D eigenvalue weighted by atomic mass is 10.2. The van der Waals surface area contributed by atoms with Crippen LogP contribution in [-0.4, -0.2) is 16.3 Å². The number of aliphatic hydroxyl groups excluding tert-OH is 1. The van der Waals surface area contributed by atoms with E-state index in [1.54, 1.807) is 23.1 Å². The van der Waals surface area contributed by atoms with Gasteiger partial charge in [0.05, 0.1) is 18.4 Å². The molecule has 2 aromatic rings. The Morgan fingerprint density at radius 2 is 2.00 bits per heavy atom. The van der Waals surface area contributed by atoms with Crippen LogP contribution in [0.5, 0.6) is 0 Å². The van der Waals surface area contributed by atoms with Gasteiger partial charge in [0, 0.05) is 10.6 Å². The Bertz CT molecular complexity index is 552. The summed E-state index contributed by atoms with van der Waals surface area (Å²) in [4.78, 5) is 13.2. The van der Waals surface area contributed by atoms with Crippen molar-refractivity contribution in [3.63, 3.8) is 0 Å². The molecule has 0 aliphatic heterocycles. The van der Waals surface area contributed by atoms with Crippen LogP contribution in [-0.2, 0) is 23.7 Å². The molecule has 3 nitrogen and oxygen atoms in total. The largest absolute Gasteiger partial charge is 0.392 e. The highest BCUT2D eigenvalue weighted by Gasteiger charge is 2.13. The lowest BCUT2D eigenvalue weighted by molar-refractivity contribution is -0.120. The molecule has 1 amide bonds. The van der Waals surface area contributed by atoms with Crippen LogP contribution in [0.2, 0.25) is 0 Å². The summed E-state index contributed by atoms with van der Waals surface area (Å²) >= 11 is 3.27. The normalized spacial score (nSPS) is 12.1. The Hall–Kier alpha value is -1.30. The van der Waals surface area contributed by atoms with Gasteiger partial charge in [-0.05, 0) is 29.5 Å². The molecular weight excluding hydrogens is 302 g/mol. The molecule has 1 aromatic carbocycles. The number of carbonyl (C=O) groups is 1. The average Bonchev–Trinajstić information content (AvgIpc) is 3.04. The molecule has 0 spiro atoms. The van der Waals surface area contributed by atoms with Crippen LogP contribution in [0.15, 0.2) is 41.8 Å². The van der Waals surface area contributed by atoms with Crippen LogP contribution < -0.4 is 5.32 Å². The third-order valence-electron chi connectivity index (χ3n) is 3.09. The van der Waals surface area contributed by atoms with E-state index < -0.39 is 0 Å². The zero-order chi connectivity index (χ0) is 15.1. The highest BCUT2D eigenvalue weighted by atomic mass is 32.2. The zero-order valence-electron chi connectivity index (χ0n) is 11.9. The summed E-state index contributed by atoms with van der Waals surface area (Å²) in [6.07, 6.45) is 0. The van der Waals surface area contributed by atoms with E-state index in [0.717, 1.165) is 16.9 Å². The number of amides is 1. The van der Waals surface area contributed by atoms with Gasteiger partial charge >= 0.3 is 0 Å². The molecule has 1 atom stereocenters. The molecule has 112 valence electrons. The number of thioether (sulfide) groups is 1. The molecule has 2 N–H and O–H groups in total. The van der Waals surface area contributed by atoms with Crippen LogP contribution in [0.1, 0.15) is 22.9 Å². The molecule has 2 rings (SSSR count). The number of nitrogens with one attached hydrogen (secondary N) is 1. The lowest BCUT2D eigenvalue weighted by Crippen LogP contribution is -2.30. The van der Waals surface area contributed by atoms with E-state index in [2.05, 4.69) is 5.32 Å². The smallest absolute Gasteiger partial charge is 0.233 e. The number of hydrogen-bond acceptors (Lipinski definition) is 4. The van der Waals surface area contributed by atoms with Crippen molar-refractivity contribution in [3.8, 4) is 0 Å². The number of carbonyl (C=O) groups excluding carboxylic acids is 1. The maximum atomic E-state index is 12.0. The third-order valence-corrected chi connectivity index (χ3v) is 5.18. The van der Waals surface area contributed by atoms with E-state index >= 15 is 0 Å². The van der Waals surface area contributed by atoms with Crippen molar-refractivity contribution in [3.05, 3.63) is 57.8 Å². The fourth-order valence-corrected chi connectivity index (χ4v) is 3.28. The number of aliphatic hydroxyl groups is 1. The van der Waals surface area contributed by atoms with Gasteiger partial charge < -0.3 is 10.4 Å². The fourth-order valence-electron chi connectivity index (χ4n) is 1.77. The summed E-state index contributed by atoms with van der Waals surface area (Å²) in [5.41, 5.74) is 2.07. The molecule has 1 unspecified atom stereocenters. The van der Waals surface area contributed by atoms with Gasteiger partial charge in [-0.15, -0.1) is 23.1 Å². The monoisotopic (exact) mass is 321 g/mol. The minimum atomic E-state index is -0.0810. The van der Waals surface area contributed by atoms with Gasteiger partial charge in [0.1, 0.15) is 0 Å². The Balaban J connectivity index is 1.74. The first-order valence-corrected chi connectivity index (χ1v) is 8.72. The molecule has 1 aromatic heterocycles. The van der Waals surface area contributed by atoms with Crippen molar-refractivity contribution in [2.24, 2.45) is 0 Å². The molecule has 0 saturated carbocycles. The predicted molar refractivity (Wildman–Crippen MR) is 89.3 cm³/mol. The van der Waals surface area contributed by atoms with Crippen LogP contribution in [0.25, 0.3) is 0 Å². The second kappa shape index (κ2) is 8.22. The zero-order valence-corrected chi connectivity index (χ0v) is 13.5. The summed E-state index contributed by atoms with van der Waals surface area (Å²) in [7, 11) is 0. The molecule has 0 bridgehead atoms. The van der Waals surface area contributed by atoms with E-state index in [0.29, 0.717) is 6.54 Å². The van der Waals surface area contributed by atoms with Crippen molar-refractivity contribution >= 4 is 29.0 Å². The Labute approximate surface area is 133 Å². The van der Waals surface area contributed by atoms with Crippen molar-refractivity contribution in [2.45, 2.75) is 31.1 Å². The fraction of sp³-hybridized carbons (Fsp3) is 0.312. The summed E-state index contributed by atoms with van der Waals surface area (Å²) in [6, 6.07) is 11.8. The lowest BCUT2D eigenvalue weighted by Gasteiger charge is -2.11. The molecule has 5 heteroatoms. The molecule has 0 fully saturated rings. The number of benzene rings is 1. The van der Waals surface area contributed by atoms with Gasteiger partial charge in [-0.3, -0.25) is 4.79 Å². The third kappa shape index (κ3) is 5.19. The van der Waals surface area contributed by atoms with Crippen LogP contribution in [0.4, 0.5) is 0 Å². The Kier molecular flexibility index (Phi) is 6.29. The van der Waals surface area contributed by atoms with Gasteiger partial charge in [0.15, 0.2) is 0 Å². The molecule has 0 saturated heterocycles. The Morgan fingerprint density at radius 1 is 1.29 bits per heavy atom. The summed E-state index contributed by atoms with van der Waals surface area (Å²) in [5, 5.41) is 13.9. The van der Waals surface area contributed by atoms with Gasteiger partial charge in [-0.2, -0.15) is 0 Å². The molecule has 1 heterocycles. The number of rotatable bonds is 7. The number of thiophene rings is 1. The van der Waals surface area contributed by atoms with Crippen LogP contribution in [0, 0.1) is 0 Å². The van der Waals surface area contributed by atoms with Gasteiger partial charge in [0.2, 0.25) is 5.91 Å². The summed E-state index contributed by atoms with van der Waals surface area (Å²) < 4.78 is 0. The Morgan fingerprint density at radius 3 is 2.62 bits per heavy atom. The van der Waals surface area contributed by atoms with E-state index in [1.165, 1.54) is 4.88 Å². The highest BCUT2D eigenvalue weighted by molar-refractivity contribution is 7.99. The molecule has 0 aliphatic rings. The number of hydrogen-bond donors (Lipinski definition) is 2. The van der Waals surface area contributed by atoms with E-state index in [9.17, 15) is 4.79 Å². The van der Waals surface area contributed by atoms with E-state index in [1.807, 2.05) is 48.7 Å². The van der Waals surface area contributed by atoms with Gasteiger partial charge in [0.25, 0.3) is 0 Å². The highest BCUT2D eigenvalue weighted by Crippen LogP contribution is 2.18. The predicted octanol–water partition coefficient (Wildman–Crippen LogP) is 3.18. The molecule has 21 heavy (non-hydrogen) atoms. The average molecular weight is 321 g/mol. The second-order valence-corrected chi connectivity index (χ2v) is 7.09. The van der Waals surface area contributed by atoms with Crippen molar-refractivity contribution < 1.29 is 9.90 Å².